The summed E-state index contributed by atoms with van der Waals surface area (Å²) in [5, 5.41) is 0. The van der Waals surface area contributed by atoms with Gasteiger partial charge >= 0.3 is 0 Å². The highest BCUT2D eigenvalue weighted by Crippen LogP contribution is 2.36. The van der Waals surface area contributed by atoms with Gasteiger partial charge in [0.1, 0.15) is 5.78 Å². The van der Waals surface area contributed by atoms with Crippen LogP contribution in [0.2, 0.25) is 0 Å². The maximum Gasteiger partial charge on any atom is 0.136 e. The lowest BCUT2D eigenvalue weighted by Crippen LogP contribution is -2.42. The number of piperidine rings is 1. The van der Waals surface area contributed by atoms with Crippen molar-refractivity contribution in [3.63, 3.8) is 0 Å². The molecule has 0 N–H and O–H groups in total. The number of aryl methyl sites for hydroxylation is 3. The lowest BCUT2D eigenvalue weighted by atomic mass is 9.96. The minimum atomic E-state index is 0.473. The molecule has 0 amide bonds. The molecule has 3 rings (SSSR count). The van der Waals surface area contributed by atoms with Crippen molar-refractivity contribution in [1.82, 2.24) is 4.90 Å². The largest absolute Gasteiger partial charge is 0.300 e. The fraction of sp³-hybridized carbons (Fsp3) is 0.588. The summed E-state index contributed by atoms with van der Waals surface area (Å²) in [6.07, 6.45) is 3.97. The van der Waals surface area contributed by atoms with E-state index >= 15 is 0 Å². The Morgan fingerprint density at radius 3 is 2.11 bits per heavy atom. The van der Waals surface area contributed by atoms with Crippen molar-refractivity contribution in [1.29, 1.82) is 0 Å². The van der Waals surface area contributed by atoms with Crippen molar-refractivity contribution in [3.8, 4) is 0 Å². The number of Topliss-reactive ketones (excluding diaryl/α,β-unsaturated/α-hetero) is 1. The van der Waals surface area contributed by atoms with Crippen LogP contribution in [0, 0.1) is 20.8 Å². The van der Waals surface area contributed by atoms with Crippen LogP contribution in [0.15, 0.2) is 12.1 Å². The van der Waals surface area contributed by atoms with Gasteiger partial charge in [-0.15, -0.1) is 0 Å². The molecule has 2 aliphatic heterocycles. The maximum absolute atomic E-state index is 11.7. The molecule has 0 saturated carbocycles. The van der Waals surface area contributed by atoms with Crippen molar-refractivity contribution < 1.29 is 4.79 Å². The molecule has 0 spiro atoms. The Bertz CT molecular complexity index is 481. The number of carbonyl (C=O) groups is 1. The Hall–Kier alpha value is -1.15. The van der Waals surface area contributed by atoms with Crippen LogP contribution in [0.25, 0.3) is 0 Å². The Labute approximate surface area is 115 Å². The maximum atomic E-state index is 11.7. The van der Waals surface area contributed by atoms with Gasteiger partial charge in [0.2, 0.25) is 0 Å². The number of fused-ring (bicyclic) bond motifs is 2. The number of nitrogens with zero attached hydrogens (tertiary/aromatic N) is 1. The lowest BCUT2D eigenvalue weighted by molar-refractivity contribution is -0.123. The van der Waals surface area contributed by atoms with Gasteiger partial charge in [-0.1, -0.05) is 17.7 Å². The number of hydrogen-bond acceptors (Lipinski definition) is 2. The summed E-state index contributed by atoms with van der Waals surface area (Å²) in [7, 11) is 0. The van der Waals surface area contributed by atoms with Gasteiger partial charge in [0.15, 0.2) is 0 Å². The Morgan fingerprint density at radius 2 is 1.58 bits per heavy atom. The molecule has 2 nitrogen and oxygen atoms in total. The van der Waals surface area contributed by atoms with E-state index in [1.807, 2.05) is 0 Å². The summed E-state index contributed by atoms with van der Waals surface area (Å²) in [6.45, 7) is 7.62. The molecule has 2 atom stereocenters. The monoisotopic (exact) mass is 257 g/mol. The predicted octanol–water partition coefficient (Wildman–Crippen LogP) is 3.31. The van der Waals surface area contributed by atoms with Crippen molar-refractivity contribution in [2.45, 2.75) is 65.1 Å². The van der Waals surface area contributed by atoms with Gasteiger partial charge in [-0.2, -0.15) is 0 Å². The highest BCUT2D eigenvalue weighted by atomic mass is 16.1. The Balaban J connectivity index is 1.85. The summed E-state index contributed by atoms with van der Waals surface area (Å²) in [4.78, 5) is 14.3. The second kappa shape index (κ2) is 4.75. The molecule has 1 aromatic rings. The highest BCUT2D eigenvalue weighted by molar-refractivity contribution is 5.81. The van der Waals surface area contributed by atoms with Gasteiger partial charge in [-0.05, 0) is 50.3 Å². The second-order valence-corrected chi connectivity index (χ2v) is 6.38. The molecule has 1 aromatic carbocycles. The molecule has 2 aliphatic rings. The van der Waals surface area contributed by atoms with Crippen LogP contribution < -0.4 is 0 Å². The number of hydrogen-bond donors (Lipinski definition) is 0. The van der Waals surface area contributed by atoms with Crippen molar-refractivity contribution in [2.75, 3.05) is 0 Å². The molecule has 0 aromatic heterocycles. The average molecular weight is 257 g/mol. The SMILES string of the molecule is Cc1cc(C)c(CN2C3CCC2CC(=O)C3)c(C)c1. The minimum Gasteiger partial charge on any atom is -0.300 e. The first-order chi connectivity index (χ1) is 9.04. The smallest absolute Gasteiger partial charge is 0.136 e. The van der Waals surface area contributed by atoms with Crippen LogP contribution in [0.1, 0.15) is 47.9 Å². The second-order valence-electron chi connectivity index (χ2n) is 6.38. The van der Waals surface area contributed by atoms with Gasteiger partial charge in [0, 0.05) is 31.5 Å². The van der Waals surface area contributed by atoms with E-state index in [1.165, 1.54) is 35.1 Å². The normalized spacial score (nSPS) is 27.0. The molecule has 2 bridgehead atoms. The fourth-order valence-electron chi connectivity index (χ4n) is 3.96. The Kier molecular flexibility index (Phi) is 3.22. The van der Waals surface area contributed by atoms with Crippen LogP contribution in [-0.2, 0) is 11.3 Å². The molecule has 2 heteroatoms. The first-order valence-electron chi connectivity index (χ1n) is 7.39. The van der Waals surface area contributed by atoms with Crippen LogP contribution in [0.4, 0.5) is 0 Å². The van der Waals surface area contributed by atoms with Gasteiger partial charge in [0.25, 0.3) is 0 Å². The summed E-state index contributed by atoms with van der Waals surface area (Å²) in [5.41, 5.74) is 5.61. The predicted molar refractivity (Wildman–Crippen MR) is 77.2 cm³/mol. The molecule has 2 fully saturated rings. The fourth-order valence-corrected chi connectivity index (χ4v) is 3.96. The zero-order chi connectivity index (χ0) is 13.6. The number of ketones is 1. The van der Waals surface area contributed by atoms with Gasteiger partial charge in [-0.3, -0.25) is 9.69 Å². The first-order valence-corrected chi connectivity index (χ1v) is 7.39. The number of benzene rings is 1. The van der Waals surface area contributed by atoms with Gasteiger partial charge < -0.3 is 0 Å². The lowest BCUT2D eigenvalue weighted by Gasteiger charge is -2.34. The van der Waals surface area contributed by atoms with Gasteiger partial charge in [0.05, 0.1) is 0 Å². The third kappa shape index (κ3) is 2.34. The first kappa shape index (κ1) is 12.9. The molecule has 102 valence electrons. The van der Waals surface area contributed by atoms with Crippen molar-refractivity contribution in [2.24, 2.45) is 0 Å². The van der Waals surface area contributed by atoms with Crippen molar-refractivity contribution >= 4 is 5.78 Å². The Morgan fingerprint density at radius 1 is 1.05 bits per heavy atom. The van der Waals surface area contributed by atoms with E-state index in [9.17, 15) is 4.79 Å². The molecule has 2 saturated heterocycles. The average Bonchev–Trinajstić information content (AvgIpc) is 2.55. The number of rotatable bonds is 2. The van der Waals surface area contributed by atoms with Crippen molar-refractivity contribution in [3.05, 3.63) is 34.4 Å². The summed E-state index contributed by atoms with van der Waals surface area (Å²) in [6, 6.07) is 5.57. The summed E-state index contributed by atoms with van der Waals surface area (Å²) in [5.74, 6) is 0.473. The van der Waals surface area contributed by atoms with E-state index in [4.69, 9.17) is 0 Å². The quantitative estimate of drug-likeness (QED) is 0.810. The van der Waals surface area contributed by atoms with Crippen LogP contribution in [0.3, 0.4) is 0 Å². The van der Waals surface area contributed by atoms with E-state index in [-0.39, 0.29) is 0 Å². The zero-order valence-electron chi connectivity index (χ0n) is 12.2. The van der Waals surface area contributed by atoms with Crippen LogP contribution in [-0.4, -0.2) is 22.8 Å². The van der Waals surface area contributed by atoms with E-state index < -0.39 is 0 Å². The summed E-state index contributed by atoms with van der Waals surface area (Å²) >= 11 is 0. The zero-order valence-corrected chi connectivity index (χ0v) is 12.2. The molecule has 0 aliphatic carbocycles. The molecule has 2 heterocycles. The van der Waals surface area contributed by atoms with E-state index in [1.54, 1.807) is 0 Å². The van der Waals surface area contributed by atoms with Gasteiger partial charge in [-0.25, -0.2) is 0 Å². The highest BCUT2D eigenvalue weighted by Gasteiger charge is 2.40. The minimum absolute atomic E-state index is 0.473. The molecular formula is C17H23NO. The van der Waals surface area contributed by atoms with E-state index in [0.717, 1.165) is 19.4 Å². The topological polar surface area (TPSA) is 20.3 Å². The summed E-state index contributed by atoms with van der Waals surface area (Å²) < 4.78 is 0. The molecule has 0 radical (unpaired) electrons. The molecule has 2 unspecified atom stereocenters. The molecule has 19 heavy (non-hydrogen) atoms. The third-order valence-corrected chi connectivity index (χ3v) is 4.88. The van der Waals surface area contributed by atoms with Crippen LogP contribution >= 0.6 is 0 Å². The van der Waals surface area contributed by atoms with E-state index in [2.05, 4.69) is 37.8 Å². The number of carbonyl (C=O) groups excluding carboxylic acids is 1. The van der Waals surface area contributed by atoms with Crippen LogP contribution in [0.5, 0.6) is 0 Å². The molecular weight excluding hydrogens is 234 g/mol. The third-order valence-electron chi connectivity index (χ3n) is 4.88. The standard InChI is InChI=1S/C17H23NO/c1-11-6-12(2)17(13(3)7-11)10-18-14-4-5-15(18)9-16(19)8-14/h6-7,14-15H,4-5,8-10H2,1-3H3. The van der Waals surface area contributed by atoms with E-state index in [0.29, 0.717) is 17.9 Å².